The van der Waals surface area contributed by atoms with Gasteiger partial charge in [0.25, 0.3) is 0 Å². The molecule has 0 amide bonds. The summed E-state index contributed by atoms with van der Waals surface area (Å²) in [5, 5.41) is 6.49. The first-order chi connectivity index (χ1) is 12.7. The van der Waals surface area contributed by atoms with Crippen LogP contribution >= 0.6 is 0 Å². The lowest BCUT2D eigenvalue weighted by Gasteiger charge is -2.14. The summed E-state index contributed by atoms with van der Waals surface area (Å²) in [6.45, 7) is 4.52. The van der Waals surface area contributed by atoms with Gasteiger partial charge in [-0.25, -0.2) is 9.37 Å². The first kappa shape index (κ1) is 17.8. The first-order valence-electron chi connectivity index (χ1n) is 8.69. The van der Waals surface area contributed by atoms with Crippen LogP contribution in [-0.4, -0.2) is 21.0 Å². The highest BCUT2D eigenvalue weighted by Gasteiger charge is 2.09. The summed E-state index contributed by atoms with van der Waals surface area (Å²) in [7, 11) is 0. The van der Waals surface area contributed by atoms with Gasteiger partial charge < -0.3 is 10.6 Å². The van der Waals surface area contributed by atoms with E-state index in [0.717, 1.165) is 17.7 Å². The van der Waals surface area contributed by atoms with Gasteiger partial charge in [0, 0.05) is 42.2 Å². The van der Waals surface area contributed by atoms with Crippen LogP contribution in [0.1, 0.15) is 25.8 Å². The van der Waals surface area contributed by atoms with Gasteiger partial charge in [-0.3, -0.25) is 4.98 Å². The number of aromatic nitrogens is 3. The van der Waals surface area contributed by atoms with E-state index >= 15 is 0 Å². The number of anilines is 2. The van der Waals surface area contributed by atoms with Crippen LogP contribution < -0.4 is 10.6 Å². The summed E-state index contributed by atoms with van der Waals surface area (Å²) in [5.41, 5.74) is 2.25. The van der Waals surface area contributed by atoms with E-state index < -0.39 is 0 Å². The molecule has 0 saturated carbocycles. The molecule has 2 heterocycles. The molecule has 0 unspecified atom stereocenters. The third kappa shape index (κ3) is 4.53. The molecular formula is C20H22FN5. The maximum atomic E-state index is 13.8. The second-order valence-electron chi connectivity index (χ2n) is 6.10. The zero-order chi connectivity index (χ0) is 18.4. The van der Waals surface area contributed by atoms with Crippen molar-refractivity contribution >= 4 is 11.8 Å². The van der Waals surface area contributed by atoms with Crippen LogP contribution in [0, 0.1) is 5.82 Å². The van der Waals surface area contributed by atoms with Gasteiger partial charge in [-0.2, -0.15) is 4.98 Å². The number of pyridine rings is 1. The van der Waals surface area contributed by atoms with Gasteiger partial charge in [-0.15, -0.1) is 0 Å². The molecule has 5 nitrogen and oxygen atoms in total. The van der Waals surface area contributed by atoms with E-state index in [1.807, 2.05) is 24.3 Å². The standard InChI is InChI=1S/C20H22FN5/c1-3-14(2)24-20-25-18(16-8-6-10-22-12-16)11-19(26-20)23-13-15-7-4-5-9-17(15)21/h4-12,14H,3,13H2,1-2H3,(H2,23,24,25,26)/t14-/m0/s1. The Bertz CT molecular complexity index is 854. The number of hydrogen-bond donors (Lipinski definition) is 2. The molecule has 0 bridgehead atoms. The van der Waals surface area contributed by atoms with Crippen molar-refractivity contribution in [1.82, 2.24) is 15.0 Å². The molecule has 0 aliphatic rings. The highest BCUT2D eigenvalue weighted by atomic mass is 19.1. The Morgan fingerprint density at radius 3 is 2.69 bits per heavy atom. The molecule has 2 aromatic heterocycles. The van der Waals surface area contributed by atoms with Crippen molar-refractivity contribution in [2.24, 2.45) is 0 Å². The monoisotopic (exact) mass is 351 g/mol. The lowest BCUT2D eigenvalue weighted by molar-refractivity contribution is 0.613. The fourth-order valence-electron chi connectivity index (χ4n) is 2.41. The Morgan fingerprint density at radius 1 is 1.12 bits per heavy atom. The Labute approximate surface area is 152 Å². The molecule has 0 aliphatic heterocycles. The van der Waals surface area contributed by atoms with Crippen molar-refractivity contribution in [3.63, 3.8) is 0 Å². The largest absolute Gasteiger partial charge is 0.366 e. The zero-order valence-electron chi connectivity index (χ0n) is 14.9. The van der Waals surface area contributed by atoms with Gasteiger partial charge >= 0.3 is 0 Å². The highest BCUT2D eigenvalue weighted by Crippen LogP contribution is 2.22. The summed E-state index contributed by atoms with van der Waals surface area (Å²) in [6.07, 6.45) is 4.44. The fraction of sp³-hybridized carbons (Fsp3) is 0.250. The summed E-state index contributed by atoms with van der Waals surface area (Å²) >= 11 is 0. The number of benzene rings is 1. The third-order valence-electron chi connectivity index (χ3n) is 4.09. The van der Waals surface area contributed by atoms with E-state index in [1.54, 1.807) is 24.5 Å². The molecule has 0 radical (unpaired) electrons. The molecule has 1 atom stereocenters. The van der Waals surface area contributed by atoms with Crippen LogP contribution in [0.3, 0.4) is 0 Å². The number of halogens is 1. The average Bonchev–Trinajstić information content (AvgIpc) is 2.68. The van der Waals surface area contributed by atoms with Crippen LogP contribution in [0.2, 0.25) is 0 Å². The van der Waals surface area contributed by atoms with E-state index in [4.69, 9.17) is 0 Å². The maximum Gasteiger partial charge on any atom is 0.225 e. The molecule has 0 spiro atoms. The minimum absolute atomic E-state index is 0.237. The second kappa shape index (κ2) is 8.38. The average molecular weight is 351 g/mol. The summed E-state index contributed by atoms with van der Waals surface area (Å²) in [6, 6.07) is 12.6. The molecule has 6 heteroatoms. The van der Waals surface area contributed by atoms with Crippen LogP contribution in [0.25, 0.3) is 11.3 Å². The van der Waals surface area contributed by atoms with Gasteiger partial charge in [-0.05, 0) is 31.5 Å². The van der Waals surface area contributed by atoms with Gasteiger partial charge in [0.1, 0.15) is 11.6 Å². The molecule has 1 aromatic carbocycles. The van der Waals surface area contributed by atoms with E-state index in [2.05, 4.69) is 39.4 Å². The van der Waals surface area contributed by atoms with Crippen LogP contribution in [0.4, 0.5) is 16.2 Å². The fourth-order valence-corrected chi connectivity index (χ4v) is 2.41. The predicted molar refractivity (Wildman–Crippen MR) is 102 cm³/mol. The van der Waals surface area contributed by atoms with Gasteiger partial charge in [0.05, 0.1) is 5.69 Å². The lowest BCUT2D eigenvalue weighted by atomic mass is 10.2. The van der Waals surface area contributed by atoms with Gasteiger partial charge in [-0.1, -0.05) is 25.1 Å². The molecule has 3 rings (SSSR count). The summed E-state index contributed by atoms with van der Waals surface area (Å²) in [5.74, 6) is 0.934. The predicted octanol–water partition coefficient (Wildman–Crippen LogP) is 4.50. The minimum Gasteiger partial charge on any atom is -0.366 e. The summed E-state index contributed by atoms with van der Waals surface area (Å²) < 4.78 is 13.8. The van der Waals surface area contributed by atoms with Crippen molar-refractivity contribution in [2.45, 2.75) is 32.9 Å². The number of nitrogens with one attached hydrogen (secondary N) is 2. The molecule has 0 fully saturated rings. The molecule has 2 N–H and O–H groups in total. The molecular weight excluding hydrogens is 329 g/mol. The van der Waals surface area contributed by atoms with Gasteiger partial charge in [0.15, 0.2) is 0 Å². The number of nitrogens with zero attached hydrogens (tertiary/aromatic N) is 3. The van der Waals surface area contributed by atoms with E-state index in [1.165, 1.54) is 6.07 Å². The normalized spacial score (nSPS) is 11.8. The van der Waals surface area contributed by atoms with Gasteiger partial charge in [0.2, 0.25) is 5.95 Å². The Kier molecular flexibility index (Phi) is 5.73. The van der Waals surface area contributed by atoms with Crippen molar-refractivity contribution in [1.29, 1.82) is 0 Å². The maximum absolute atomic E-state index is 13.8. The molecule has 134 valence electrons. The minimum atomic E-state index is -0.237. The Hall–Kier alpha value is -3.02. The third-order valence-corrected chi connectivity index (χ3v) is 4.09. The molecule has 0 aliphatic carbocycles. The quantitative estimate of drug-likeness (QED) is 0.656. The van der Waals surface area contributed by atoms with E-state index in [9.17, 15) is 4.39 Å². The van der Waals surface area contributed by atoms with Crippen LogP contribution in [0.15, 0.2) is 54.9 Å². The smallest absolute Gasteiger partial charge is 0.225 e. The zero-order valence-corrected chi connectivity index (χ0v) is 14.9. The van der Waals surface area contributed by atoms with Crippen molar-refractivity contribution in [3.8, 4) is 11.3 Å². The Balaban J connectivity index is 1.88. The first-order valence-corrected chi connectivity index (χ1v) is 8.69. The molecule has 3 aromatic rings. The van der Waals surface area contributed by atoms with Crippen LogP contribution in [-0.2, 0) is 6.54 Å². The van der Waals surface area contributed by atoms with E-state index in [0.29, 0.717) is 23.9 Å². The topological polar surface area (TPSA) is 62.7 Å². The lowest BCUT2D eigenvalue weighted by Crippen LogP contribution is -2.16. The van der Waals surface area contributed by atoms with Crippen molar-refractivity contribution < 1.29 is 4.39 Å². The SMILES string of the molecule is CC[C@H](C)Nc1nc(NCc2ccccc2F)cc(-c2cccnc2)n1. The second-order valence-corrected chi connectivity index (χ2v) is 6.10. The summed E-state index contributed by atoms with van der Waals surface area (Å²) in [4.78, 5) is 13.3. The highest BCUT2D eigenvalue weighted by molar-refractivity contribution is 5.63. The van der Waals surface area contributed by atoms with E-state index in [-0.39, 0.29) is 11.9 Å². The molecule has 0 saturated heterocycles. The Morgan fingerprint density at radius 2 is 1.96 bits per heavy atom. The van der Waals surface area contributed by atoms with Crippen molar-refractivity contribution in [3.05, 3.63) is 66.2 Å². The molecule has 26 heavy (non-hydrogen) atoms. The number of rotatable bonds is 7. The van der Waals surface area contributed by atoms with Crippen molar-refractivity contribution in [2.75, 3.05) is 10.6 Å². The van der Waals surface area contributed by atoms with Crippen LogP contribution in [0.5, 0.6) is 0 Å². The number of hydrogen-bond acceptors (Lipinski definition) is 5.